The van der Waals surface area contributed by atoms with Gasteiger partial charge < -0.3 is 10.1 Å². The first-order valence-corrected chi connectivity index (χ1v) is 5.75. The van der Waals surface area contributed by atoms with Crippen LogP contribution >= 0.6 is 0 Å². The molecule has 16 heavy (non-hydrogen) atoms. The highest BCUT2D eigenvalue weighted by Crippen LogP contribution is 2.41. The third-order valence-electron chi connectivity index (χ3n) is 3.56. The number of rotatable bonds is 0. The van der Waals surface area contributed by atoms with Crippen molar-refractivity contribution in [3.05, 3.63) is 29.3 Å². The van der Waals surface area contributed by atoms with Gasteiger partial charge in [0.2, 0.25) is 0 Å². The lowest BCUT2D eigenvalue weighted by Gasteiger charge is -2.33. The summed E-state index contributed by atoms with van der Waals surface area (Å²) >= 11 is 0. The maximum atomic E-state index is 9.05. The minimum Gasteiger partial charge on any atom is -0.485 e. The first-order chi connectivity index (χ1) is 7.83. The van der Waals surface area contributed by atoms with Gasteiger partial charge in [-0.3, -0.25) is 0 Å². The summed E-state index contributed by atoms with van der Waals surface area (Å²) in [4.78, 5) is 0. The van der Waals surface area contributed by atoms with Crippen molar-refractivity contribution in [2.75, 3.05) is 13.1 Å². The Morgan fingerprint density at radius 3 is 2.88 bits per heavy atom. The highest BCUT2D eigenvalue weighted by Gasteiger charge is 2.41. The topological polar surface area (TPSA) is 45.0 Å². The molecule has 0 atom stereocenters. The van der Waals surface area contributed by atoms with Crippen LogP contribution in [0.15, 0.2) is 18.2 Å². The summed E-state index contributed by atoms with van der Waals surface area (Å²) in [6, 6.07) is 8.06. The predicted molar refractivity (Wildman–Crippen MR) is 60.3 cm³/mol. The quantitative estimate of drug-likeness (QED) is 0.713. The lowest BCUT2D eigenvalue weighted by Crippen LogP contribution is -2.45. The molecule has 2 aliphatic heterocycles. The van der Waals surface area contributed by atoms with Crippen molar-refractivity contribution >= 4 is 0 Å². The number of hydrogen-bond donors (Lipinski definition) is 1. The van der Waals surface area contributed by atoms with Crippen molar-refractivity contribution in [3.8, 4) is 11.8 Å². The molecule has 1 saturated heterocycles. The van der Waals surface area contributed by atoms with E-state index >= 15 is 0 Å². The van der Waals surface area contributed by atoms with Gasteiger partial charge in [-0.2, -0.15) is 5.26 Å². The second-order valence-corrected chi connectivity index (χ2v) is 4.62. The summed E-state index contributed by atoms with van der Waals surface area (Å²) in [5.41, 5.74) is 1.83. The zero-order chi connectivity index (χ0) is 11.0. The Bertz CT molecular complexity index is 455. The van der Waals surface area contributed by atoms with E-state index in [9.17, 15) is 0 Å². The first kappa shape index (κ1) is 9.68. The lowest BCUT2D eigenvalue weighted by molar-refractivity contribution is 0.0597. The monoisotopic (exact) mass is 214 g/mol. The number of nitrogens with one attached hydrogen (secondary N) is 1. The van der Waals surface area contributed by atoms with Gasteiger partial charge in [0, 0.05) is 6.42 Å². The number of para-hydroxylation sites is 1. The Kier molecular flexibility index (Phi) is 2.12. The summed E-state index contributed by atoms with van der Waals surface area (Å²) in [7, 11) is 0. The molecule has 0 bridgehead atoms. The number of ether oxygens (including phenoxy) is 1. The van der Waals surface area contributed by atoms with E-state index < -0.39 is 0 Å². The number of hydrogen-bond acceptors (Lipinski definition) is 3. The van der Waals surface area contributed by atoms with Crippen LogP contribution in [0.4, 0.5) is 0 Å². The van der Waals surface area contributed by atoms with Gasteiger partial charge in [0.05, 0.1) is 5.56 Å². The number of nitrogens with zero attached hydrogens (tertiary/aromatic N) is 1. The van der Waals surface area contributed by atoms with E-state index in [1.54, 1.807) is 0 Å². The normalized spacial score (nSPS) is 21.2. The molecule has 0 amide bonds. The van der Waals surface area contributed by atoms with Crippen LogP contribution in [0.5, 0.6) is 5.75 Å². The molecule has 0 aromatic heterocycles. The van der Waals surface area contributed by atoms with Crippen LogP contribution in [0.3, 0.4) is 0 Å². The fourth-order valence-electron chi connectivity index (χ4n) is 2.69. The molecule has 3 nitrogen and oxygen atoms in total. The lowest BCUT2D eigenvalue weighted by atomic mass is 9.88. The Hall–Kier alpha value is -1.53. The van der Waals surface area contributed by atoms with Gasteiger partial charge in [0.25, 0.3) is 0 Å². The van der Waals surface area contributed by atoms with E-state index in [4.69, 9.17) is 10.00 Å². The highest BCUT2D eigenvalue weighted by atomic mass is 16.5. The molecule has 82 valence electrons. The highest BCUT2D eigenvalue weighted by molar-refractivity contribution is 5.51. The summed E-state index contributed by atoms with van der Waals surface area (Å²) in [6.45, 7) is 2.02. The Balaban J connectivity index is 1.97. The minimum absolute atomic E-state index is 0.0411. The molecule has 0 unspecified atom stereocenters. The molecule has 1 spiro atoms. The maximum absolute atomic E-state index is 9.05. The van der Waals surface area contributed by atoms with Crippen molar-refractivity contribution in [3.63, 3.8) is 0 Å². The molecule has 3 rings (SSSR count). The molecule has 0 radical (unpaired) electrons. The van der Waals surface area contributed by atoms with Crippen LogP contribution in [0, 0.1) is 11.3 Å². The molecule has 2 aliphatic rings. The number of piperidine rings is 1. The van der Waals surface area contributed by atoms with E-state index in [0.29, 0.717) is 5.56 Å². The Morgan fingerprint density at radius 2 is 2.12 bits per heavy atom. The van der Waals surface area contributed by atoms with Crippen LogP contribution in [0.25, 0.3) is 0 Å². The van der Waals surface area contributed by atoms with Crippen LogP contribution in [-0.2, 0) is 6.42 Å². The third-order valence-corrected chi connectivity index (χ3v) is 3.56. The second kappa shape index (κ2) is 3.50. The predicted octanol–water partition coefficient (Wildman–Crippen LogP) is 1.62. The summed E-state index contributed by atoms with van der Waals surface area (Å²) in [6.07, 6.45) is 3.03. The number of benzene rings is 1. The van der Waals surface area contributed by atoms with Gasteiger partial charge in [0.15, 0.2) is 0 Å². The Labute approximate surface area is 95.0 Å². The first-order valence-electron chi connectivity index (χ1n) is 5.75. The molecule has 0 saturated carbocycles. The van der Waals surface area contributed by atoms with Gasteiger partial charge in [0.1, 0.15) is 17.4 Å². The van der Waals surface area contributed by atoms with Crippen LogP contribution < -0.4 is 10.1 Å². The van der Waals surface area contributed by atoms with Crippen molar-refractivity contribution < 1.29 is 4.74 Å². The maximum Gasteiger partial charge on any atom is 0.141 e. The van der Waals surface area contributed by atoms with Crippen molar-refractivity contribution in [1.29, 1.82) is 5.26 Å². The van der Waals surface area contributed by atoms with E-state index in [0.717, 1.165) is 38.1 Å². The molecule has 1 aromatic rings. The smallest absolute Gasteiger partial charge is 0.141 e. The van der Waals surface area contributed by atoms with E-state index in [2.05, 4.69) is 17.5 Å². The van der Waals surface area contributed by atoms with E-state index in [1.807, 2.05) is 12.1 Å². The van der Waals surface area contributed by atoms with Crippen LogP contribution in [0.1, 0.15) is 24.0 Å². The molecule has 1 N–H and O–H groups in total. The molecular formula is C13H14N2O. The number of fused-ring (bicyclic) bond motifs is 1. The molecule has 1 fully saturated rings. The fraction of sp³-hybridized carbons (Fsp3) is 0.462. The van der Waals surface area contributed by atoms with Gasteiger partial charge >= 0.3 is 0 Å². The van der Waals surface area contributed by atoms with Gasteiger partial charge in [-0.25, -0.2) is 0 Å². The summed E-state index contributed by atoms with van der Waals surface area (Å²) in [5.74, 6) is 0.826. The standard InChI is InChI=1S/C13H14N2O/c14-9-11-3-1-2-10-8-13(16-12(10)11)4-6-15-7-5-13/h1-3,15H,4-8H2. The molecule has 3 heteroatoms. The molecule has 0 aliphatic carbocycles. The largest absolute Gasteiger partial charge is 0.485 e. The molecule has 1 aromatic carbocycles. The van der Waals surface area contributed by atoms with Crippen molar-refractivity contribution in [2.45, 2.75) is 24.9 Å². The van der Waals surface area contributed by atoms with E-state index in [-0.39, 0.29) is 5.60 Å². The average molecular weight is 214 g/mol. The molecule has 2 heterocycles. The van der Waals surface area contributed by atoms with Crippen LogP contribution in [-0.4, -0.2) is 18.7 Å². The van der Waals surface area contributed by atoms with Crippen molar-refractivity contribution in [2.24, 2.45) is 0 Å². The zero-order valence-electron chi connectivity index (χ0n) is 9.12. The SMILES string of the molecule is N#Cc1cccc2c1OC1(CCNCC1)C2. The minimum atomic E-state index is -0.0411. The molecular weight excluding hydrogens is 200 g/mol. The fourth-order valence-corrected chi connectivity index (χ4v) is 2.69. The van der Waals surface area contributed by atoms with Gasteiger partial charge in [-0.05, 0) is 37.6 Å². The zero-order valence-corrected chi connectivity index (χ0v) is 9.12. The summed E-state index contributed by atoms with van der Waals surface area (Å²) < 4.78 is 6.09. The summed E-state index contributed by atoms with van der Waals surface area (Å²) in [5, 5.41) is 12.4. The second-order valence-electron chi connectivity index (χ2n) is 4.62. The van der Waals surface area contributed by atoms with E-state index in [1.165, 1.54) is 5.56 Å². The Morgan fingerprint density at radius 1 is 1.31 bits per heavy atom. The third kappa shape index (κ3) is 1.38. The van der Waals surface area contributed by atoms with Crippen molar-refractivity contribution in [1.82, 2.24) is 5.32 Å². The average Bonchev–Trinajstić information content (AvgIpc) is 2.67. The van der Waals surface area contributed by atoms with Gasteiger partial charge in [-0.15, -0.1) is 0 Å². The van der Waals surface area contributed by atoms with Gasteiger partial charge in [-0.1, -0.05) is 12.1 Å². The number of nitriles is 1. The van der Waals surface area contributed by atoms with Crippen LogP contribution in [0.2, 0.25) is 0 Å².